The van der Waals surface area contributed by atoms with E-state index < -0.39 is 5.60 Å². The molecule has 0 radical (unpaired) electrons. The first-order chi connectivity index (χ1) is 12.0. The van der Waals surface area contributed by atoms with Crippen LogP contribution in [0.25, 0.3) is 0 Å². The third-order valence-electron chi connectivity index (χ3n) is 3.87. The van der Waals surface area contributed by atoms with Gasteiger partial charge in [0.1, 0.15) is 5.60 Å². The Morgan fingerprint density at radius 1 is 1.04 bits per heavy atom. The Labute approximate surface area is 157 Å². The number of anilines is 1. The zero-order valence-electron chi connectivity index (χ0n) is 17.2. The molecular formula is C21H34N2O3. The lowest BCUT2D eigenvalue weighted by Gasteiger charge is -2.20. The summed E-state index contributed by atoms with van der Waals surface area (Å²) in [5.41, 5.74) is 2.66. The molecule has 146 valence electrons. The third kappa shape index (κ3) is 7.46. The maximum absolute atomic E-state index is 12.3. The van der Waals surface area contributed by atoms with E-state index in [1.807, 2.05) is 26.8 Å². The Morgan fingerprint density at radius 2 is 1.58 bits per heavy atom. The van der Waals surface area contributed by atoms with Gasteiger partial charge >= 0.3 is 12.0 Å². The highest BCUT2D eigenvalue weighted by molar-refractivity contribution is 5.91. The Balaban J connectivity index is 2.60. The zero-order valence-corrected chi connectivity index (χ0v) is 17.2. The Morgan fingerprint density at radius 3 is 2.04 bits per heavy atom. The number of nitrogens with one attached hydrogen (secondary N) is 2. The minimum absolute atomic E-state index is 0.244. The number of hydrogen-bond donors (Lipinski definition) is 2. The van der Waals surface area contributed by atoms with Crippen molar-refractivity contribution in [1.29, 1.82) is 0 Å². The molecule has 1 aromatic carbocycles. The molecular weight excluding hydrogens is 328 g/mol. The second kappa shape index (κ2) is 9.60. The lowest BCUT2D eigenvalue weighted by Crippen LogP contribution is -2.31. The number of amides is 2. The second-order valence-electron chi connectivity index (χ2n) is 8.19. The van der Waals surface area contributed by atoms with Crippen LogP contribution in [-0.2, 0) is 9.53 Å². The van der Waals surface area contributed by atoms with Gasteiger partial charge in [0.2, 0.25) is 0 Å². The summed E-state index contributed by atoms with van der Waals surface area (Å²) < 4.78 is 5.26. The topological polar surface area (TPSA) is 67.4 Å². The molecule has 0 aliphatic carbocycles. The fraction of sp³-hybridized carbons (Fsp3) is 0.619. The van der Waals surface area contributed by atoms with Crippen molar-refractivity contribution in [2.45, 2.75) is 78.7 Å². The molecule has 0 aliphatic heterocycles. The minimum atomic E-state index is -0.476. The van der Waals surface area contributed by atoms with Gasteiger partial charge in [0.15, 0.2) is 0 Å². The number of rotatable bonds is 7. The summed E-state index contributed by atoms with van der Waals surface area (Å²) in [5, 5.41) is 5.83. The molecule has 1 aromatic rings. The number of carbonyl (C=O) groups excluding carboxylic acids is 2. The van der Waals surface area contributed by atoms with E-state index in [2.05, 4.69) is 50.5 Å². The predicted molar refractivity (Wildman–Crippen MR) is 107 cm³/mol. The van der Waals surface area contributed by atoms with Crippen molar-refractivity contribution in [1.82, 2.24) is 5.32 Å². The first-order valence-corrected chi connectivity index (χ1v) is 9.40. The van der Waals surface area contributed by atoms with Gasteiger partial charge < -0.3 is 15.4 Å². The average Bonchev–Trinajstić information content (AvgIpc) is 2.49. The predicted octanol–water partition coefficient (Wildman–Crippen LogP) is 5.18. The van der Waals surface area contributed by atoms with Crippen molar-refractivity contribution in [2.75, 3.05) is 11.9 Å². The second-order valence-corrected chi connectivity index (χ2v) is 8.19. The molecule has 0 saturated heterocycles. The van der Waals surface area contributed by atoms with Crippen LogP contribution in [0.4, 0.5) is 10.5 Å². The summed E-state index contributed by atoms with van der Waals surface area (Å²) in [6.07, 6.45) is 0.836. The lowest BCUT2D eigenvalue weighted by molar-refractivity contribution is -0.154. The minimum Gasteiger partial charge on any atom is -0.460 e. The van der Waals surface area contributed by atoms with Gasteiger partial charge in [-0.15, -0.1) is 0 Å². The van der Waals surface area contributed by atoms with E-state index in [4.69, 9.17) is 4.74 Å². The molecule has 0 fully saturated rings. The highest BCUT2D eigenvalue weighted by atomic mass is 16.6. The molecule has 0 unspecified atom stereocenters. The molecule has 2 amide bonds. The van der Waals surface area contributed by atoms with Crippen molar-refractivity contribution >= 4 is 17.7 Å². The van der Waals surface area contributed by atoms with E-state index in [1.165, 1.54) is 0 Å². The summed E-state index contributed by atoms with van der Waals surface area (Å²) in [6, 6.07) is 5.89. The zero-order chi connectivity index (χ0) is 19.9. The van der Waals surface area contributed by atoms with Gasteiger partial charge in [0.25, 0.3) is 0 Å². The summed E-state index contributed by atoms with van der Waals surface area (Å²) in [7, 11) is 0. The van der Waals surface area contributed by atoms with Gasteiger partial charge in [-0.1, -0.05) is 45.9 Å². The largest absolute Gasteiger partial charge is 0.460 e. The molecule has 0 aromatic heterocycles. The van der Waals surface area contributed by atoms with Crippen molar-refractivity contribution in [2.24, 2.45) is 0 Å². The molecule has 2 N–H and O–H groups in total. The molecule has 0 aliphatic rings. The van der Waals surface area contributed by atoms with Gasteiger partial charge in [0.05, 0.1) is 0 Å². The SMILES string of the molecule is CC(C)c1cccc(C(C)C)c1NC(=O)NCCCC(=O)OC(C)(C)C. The van der Waals surface area contributed by atoms with Crippen molar-refractivity contribution in [3.05, 3.63) is 29.3 Å². The first kappa shape index (κ1) is 22.0. The van der Waals surface area contributed by atoms with Crippen molar-refractivity contribution in [3.8, 4) is 0 Å². The summed E-state index contributed by atoms with van der Waals surface area (Å²) in [4.78, 5) is 24.0. The quantitative estimate of drug-likeness (QED) is 0.519. The number of benzene rings is 1. The first-order valence-electron chi connectivity index (χ1n) is 9.40. The number of ether oxygens (including phenoxy) is 1. The van der Waals surface area contributed by atoms with Crippen LogP contribution in [0.1, 0.15) is 84.3 Å². The third-order valence-corrected chi connectivity index (χ3v) is 3.87. The molecule has 0 bridgehead atoms. The smallest absolute Gasteiger partial charge is 0.319 e. The van der Waals surface area contributed by atoms with Crippen LogP contribution in [0.3, 0.4) is 0 Å². The van der Waals surface area contributed by atoms with Gasteiger partial charge in [-0.2, -0.15) is 0 Å². The van der Waals surface area contributed by atoms with E-state index in [-0.39, 0.29) is 18.4 Å². The number of esters is 1. The molecule has 1 rings (SSSR count). The standard InChI is InChI=1S/C21H34N2O3/c1-14(2)16-10-8-11-17(15(3)4)19(16)23-20(25)22-13-9-12-18(24)26-21(5,6)7/h8,10-11,14-15H,9,12-13H2,1-7H3,(H2,22,23,25). The Hall–Kier alpha value is -2.04. The summed E-state index contributed by atoms with van der Waals surface area (Å²) in [5.74, 6) is 0.388. The molecule has 0 atom stereocenters. The van der Waals surface area contributed by atoms with Crippen LogP contribution >= 0.6 is 0 Å². The van der Waals surface area contributed by atoms with Crippen LogP contribution in [0, 0.1) is 0 Å². The van der Waals surface area contributed by atoms with Gasteiger partial charge in [-0.3, -0.25) is 4.79 Å². The molecule has 5 heteroatoms. The van der Waals surface area contributed by atoms with E-state index in [0.29, 0.717) is 24.8 Å². The fourth-order valence-corrected chi connectivity index (χ4v) is 2.68. The van der Waals surface area contributed by atoms with Gasteiger partial charge in [0, 0.05) is 18.7 Å². The summed E-state index contributed by atoms with van der Waals surface area (Å²) >= 11 is 0. The van der Waals surface area contributed by atoms with Crippen molar-refractivity contribution in [3.63, 3.8) is 0 Å². The van der Waals surface area contributed by atoms with E-state index >= 15 is 0 Å². The molecule has 26 heavy (non-hydrogen) atoms. The monoisotopic (exact) mass is 362 g/mol. The average molecular weight is 363 g/mol. The maximum atomic E-state index is 12.3. The van der Waals surface area contributed by atoms with Crippen LogP contribution < -0.4 is 10.6 Å². The maximum Gasteiger partial charge on any atom is 0.319 e. The number of para-hydroxylation sites is 1. The van der Waals surface area contributed by atoms with E-state index in [1.54, 1.807) is 0 Å². The molecule has 0 saturated carbocycles. The molecule has 0 spiro atoms. The highest BCUT2D eigenvalue weighted by Crippen LogP contribution is 2.32. The van der Waals surface area contributed by atoms with Crippen LogP contribution in [0.2, 0.25) is 0 Å². The van der Waals surface area contributed by atoms with Crippen LogP contribution in [0.5, 0.6) is 0 Å². The normalized spacial score (nSPS) is 11.6. The number of hydrogen-bond acceptors (Lipinski definition) is 3. The summed E-state index contributed by atoms with van der Waals surface area (Å²) in [6.45, 7) is 14.4. The Kier molecular flexibility index (Phi) is 8.12. The molecule has 0 heterocycles. The Bertz CT molecular complexity index is 590. The molecule has 5 nitrogen and oxygen atoms in total. The number of carbonyl (C=O) groups is 2. The lowest BCUT2D eigenvalue weighted by atomic mass is 9.93. The highest BCUT2D eigenvalue weighted by Gasteiger charge is 2.17. The van der Waals surface area contributed by atoms with Crippen LogP contribution in [-0.4, -0.2) is 24.1 Å². The van der Waals surface area contributed by atoms with Gasteiger partial charge in [-0.05, 0) is 50.2 Å². The van der Waals surface area contributed by atoms with E-state index in [0.717, 1.165) is 16.8 Å². The number of urea groups is 1. The van der Waals surface area contributed by atoms with Gasteiger partial charge in [-0.25, -0.2) is 4.79 Å². The fourth-order valence-electron chi connectivity index (χ4n) is 2.68. The van der Waals surface area contributed by atoms with Crippen LogP contribution in [0.15, 0.2) is 18.2 Å². The van der Waals surface area contributed by atoms with Crippen molar-refractivity contribution < 1.29 is 14.3 Å². The van der Waals surface area contributed by atoms with E-state index in [9.17, 15) is 9.59 Å².